The van der Waals surface area contributed by atoms with E-state index in [-0.39, 0.29) is 6.10 Å². The molecule has 4 atom stereocenters. The predicted octanol–water partition coefficient (Wildman–Crippen LogP) is 7.88. The van der Waals surface area contributed by atoms with Crippen LogP contribution in [0.3, 0.4) is 0 Å². The molecular weight excluding hydrogens is 409 g/mol. The van der Waals surface area contributed by atoms with Gasteiger partial charge in [-0.05, 0) is 39.2 Å². The van der Waals surface area contributed by atoms with Gasteiger partial charge in [0.2, 0.25) is 0 Å². The third-order valence-corrected chi connectivity index (χ3v) is 8.81. The largest absolute Gasteiger partial charge is 0.474 e. The zero-order valence-electron chi connectivity index (χ0n) is 20.7. The lowest BCUT2D eigenvalue weighted by molar-refractivity contribution is 0.0295. The monoisotopic (exact) mass is 459 g/mol. The maximum atomic E-state index is 12.8. The van der Waals surface area contributed by atoms with Crippen molar-refractivity contribution in [1.82, 2.24) is 4.90 Å². The fraction of sp³-hybridized carbons (Fsp3) is 1.00. The van der Waals surface area contributed by atoms with Gasteiger partial charge >= 0.3 is 7.82 Å². The highest BCUT2D eigenvalue weighted by Crippen LogP contribution is 2.52. The zero-order chi connectivity index (χ0) is 22.4. The van der Waals surface area contributed by atoms with E-state index in [1.807, 2.05) is 0 Å². The molecule has 6 heteroatoms. The third-order valence-electron chi connectivity index (χ3n) is 7.30. The molecule has 2 heterocycles. The van der Waals surface area contributed by atoms with E-state index in [0.717, 1.165) is 25.7 Å². The van der Waals surface area contributed by atoms with Crippen LogP contribution in [-0.4, -0.2) is 43.9 Å². The first-order valence-corrected chi connectivity index (χ1v) is 14.7. The number of hydrogen-bond donors (Lipinski definition) is 0. The molecule has 2 rings (SSSR count). The smallest absolute Gasteiger partial charge is 0.300 e. The molecule has 2 bridgehead atoms. The van der Waals surface area contributed by atoms with Crippen molar-refractivity contribution in [2.24, 2.45) is 0 Å². The van der Waals surface area contributed by atoms with Crippen LogP contribution in [0.5, 0.6) is 0 Å². The molecule has 2 saturated heterocycles. The number of hydrogen-bond acceptors (Lipinski definition) is 5. The lowest BCUT2D eigenvalue weighted by atomic mass is 10.0. The fourth-order valence-corrected chi connectivity index (χ4v) is 6.37. The summed E-state index contributed by atoms with van der Waals surface area (Å²) in [5.41, 5.74) is 0. The minimum atomic E-state index is -3.42. The second-order valence-corrected chi connectivity index (χ2v) is 11.5. The summed E-state index contributed by atoms with van der Waals surface area (Å²) in [6.45, 7) is 2.74. The Kier molecular flexibility index (Phi) is 13.9. The van der Waals surface area contributed by atoms with E-state index in [1.165, 1.54) is 97.0 Å². The molecule has 2 aliphatic rings. The van der Waals surface area contributed by atoms with E-state index >= 15 is 0 Å². The highest BCUT2D eigenvalue weighted by Gasteiger charge is 2.42. The number of nitrogens with zero attached hydrogens (tertiary/aromatic N) is 1. The summed E-state index contributed by atoms with van der Waals surface area (Å²) in [6.07, 6.45) is 22.8. The Balaban J connectivity index is 1.42. The molecule has 2 fully saturated rings. The number of phosphoric ester groups is 1. The number of rotatable bonds is 19. The molecule has 0 aromatic heterocycles. The summed E-state index contributed by atoms with van der Waals surface area (Å²) in [7, 11) is 0.216. The van der Waals surface area contributed by atoms with Crippen LogP contribution in [0.4, 0.5) is 0 Å². The first kappa shape index (κ1) is 27.3. The molecule has 2 aliphatic heterocycles. The predicted molar refractivity (Wildman–Crippen MR) is 130 cm³/mol. The lowest BCUT2D eigenvalue weighted by Gasteiger charge is -2.36. The van der Waals surface area contributed by atoms with Crippen LogP contribution < -0.4 is 0 Å². The quantitative estimate of drug-likeness (QED) is 0.145. The first-order valence-electron chi connectivity index (χ1n) is 13.3. The molecule has 0 amide bonds. The number of phosphoric acid groups is 1. The normalized spacial score (nSPS) is 25.7. The Hall–Kier alpha value is 0.0700. The van der Waals surface area contributed by atoms with Crippen molar-refractivity contribution in [1.29, 1.82) is 0 Å². The van der Waals surface area contributed by atoms with Gasteiger partial charge in [0.25, 0.3) is 0 Å². The van der Waals surface area contributed by atoms with Gasteiger partial charge in [0.1, 0.15) is 0 Å². The minimum Gasteiger partial charge on any atom is -0.300 e. The maximum absolute atomic E-state index is 12.8. The third kappa shape index (κ3) is 10.7. The maximum Gasteiger partial charge on any atom is 0.474 e. The zero-order valence-corrected chi connectivity index (χ0v) is 21.6. The summed E-state index contributed by atoms with van der Waals surface area (Å²) < 4.78 is 29.5. The van der Waals surface area contributed by atoms with Crippen LogP contribution in [0.1, 0.15) is 122 Å². The van der Waals surface area contributed by atoms with Crippen LogP contribution >= 0.6 is 7.82 Å². The molecule has 0 spiro atoms. The molecule has 0 aliphatic carbocycles. The lowest BCUT2D eigenvalue weighted by Crippen LogP contribution is -2.42. The van der Waals surface area contributed by atoms with E-state index in [2.05, 4.69) is 18.9 Å². The molecular formula is C25H50NO4P. The standard InChI is InChI=1S/C25H50NO4P/c1-4-5-6-7-8-9-10-11-12-13-14-15-16-17-20-29-31(27,28-3)30-25-21-23-18-19-24(22-25)26(23)2/h23-25H,4-22H2,1-3H3/t23-,24?,25?,31?/m1/s1. The highest BCUT2D eigenvalue weighted by molar-refractivity contribution is 7.48. The van der Waals surface area contributed by atoms with Crippen LogP contribution in [0, 0.1) is 0 Å². The van der Waals surface area contributed by atoms with Crippen LogP contribution in [0.15, 0.2) is 0 Å². The van der Waals surface area contributed by atoms with Gasteiger partial charge in [-0.3, -0.25) is 13.6 Å². The van der Waals surface area contributed by atoms with Gasteiger partial charge in [0.15, 0.2) is 0 Å². The van der Waals surface area contributed by atoms with Gasteiger partial charge < -0.3 is 4.90 Å². The van der Waals surface area contributed by atoms with Gasteiger partial charge in [0.05, 0.1) is 12.7 Å². The van der Waals surface area contributed by atoms with Crippen molar-refractivity contribution in [2.45, 2.75) is 141 Å². The second kappa shape index (κ2) is 15.8. The van der Waals surface area contributed by atoms with E-state index in [9.17, 15) is 4.57 Å². The Morgan fingerprint density at radius 2 is 1.23 bits per heavy atom. The summed E-state index contributed by atoms with van der Waals surface area (Å²) in [4.78, 5) is 2.45. The first-order chi connectivity index (χ1) is 15.1. The van der Waals surface area contributed by atoms with E-state index in [4.69, 9.17) is 13.6 Å². The number of unbranched alkanes of at least 4 members (excludes halogenated alkanes) is 13. The summed E-state index contributed by atoms with van der Waals surface area (Å²) in [5.74, 6) is 0. The van der Waals surface area contributed by atoms with Crippen molar-refractivity contribution in [2.75, 3.05) is 20.8 Å². The Morgan fingerprint density at radius 3 is 1.68 bits per heavy atom. The van der Waals surface area contributed by atoms with E-state index < -0.39 is 7.82 Å². The molecule has 31 heavy (non-hydrogen) atoms. The number of fused-ring (bicyclic) bond motifs is 2. The average Bonchev–Trinajstić information content (AvgIpc) is 2.97. The molecule has 0 N–H and O–H groups in total. The molecule has 0 radical (unpaired) electrons. The summed E-state index contributed by atoms with van der Waals surface area (Å²) in [5, 5.41) is 0. The topological polar surface area (TPSA) is 48.0 Å². The van der Waals surface area contributed by atoms with Crippen LogP contribution in [-0.2, 0) is 18.1 Å². The van der Waals surface area contributed by atoms with Gasteiger partial charge in [-0.15, -0.1) is 0 Å². The SMILES string of the molecule is CCCCCCCCCCCCCCCCOP(=O)(OC)OC1CC2CC[C@H](C1)N2C. The molecule has 184 valence electrons. The van der Waals surface area contributed by atoms with Gasteiger partial charge in [-0.1, -0.05) is 90.4 Å². The van der Waals surface area contributed by atoms with E-state index in [0.29, 0.717) is 18.7 Å². The average molecular weight is 460 g/mol. The molecule has 3 unspecified atom stereocenters. The van der Waals surface area contributed by atoms with Crippen molar-refractivity contribution in [3.8, 4) is 0 Å². The van der Waals surface area contributed by atoms with Gasteiger partial charge in [-0.2, -0.15) is 0 Å². The Labute approximate surface area is 192 Å². The molecule has 5 nitrogen and oxygen atoms in total. The van der Waals surface area contributed by atoms with Crippen molar-refractivity contribution >= 4 is 7.82 Å². The number of piperidine rings is 1. The molecule has 0 aromatic carbocycles. The molecule has 0 aromatic rings. The highest BCUT2D eigenvalue weighted by atomic mass is 31.2. The Morgan fingerprint density at radius 1 is 0.774 bits per heavy atom. The van der Waals surface area contributed by atoms with Crippen molar-refractivity contribution in [3.63, 3.8) is 0 Å². The molecule has 0 saturated carbocycles. The fourth-order valence-electron chi connectivity index (χ4n) is 5.23. The second-order valence-electron chi connectivity index (χ2n) is 9.81. The van der Waals surface area contributed by atoms with Crippen molar-refractivity contribution < 1.29 is 18.1 Å². The van der Waals surface area contributed by atoms with Crippen LogP contribution in [0.2, 0.25) is 0 Å². The minimum absolute atomic E-state index is 0.00387. The Bertz CT molecular complexity index is 490. The summed E-state index contributed by atoms with van der Waals surface area (Å²) >= 11 is 0. The van der Waals surface area contributed by atoms with Crippen LogP contribution in [0.25, 0.3) is 0 Å². The van der Waals surface area contributed by atoms with Crippen molar-refractivity contribution in [3.05, 3.63) is 0 Å². The van der Waals surface area contributed by atoms with Gasteiger partial charge in [0, 0.05) is 19.2 Å². The summed E-state index contributed by atoms with van der Waals surface area (Å²) in [6, 6.07) is 1.11. The van der Waals surface area contributed by atoms with E-state index in [1.54, 1.807) is 0 Å². The van der Waals surface area contributed by atoms with Gasteiger partial charge in [-0.25, -0.2) is 4.57 Å².